The average Bonchev–Trinajstić information content (AvgIpc) is 3.79. The number of fused-ring (bicyclic) bond motifs is 1. The number of amides is 2. The second-order valence-electron chi connectivity index (χ2n) is 12.2. The van der Waals surface area contributed by atoms with E-state index < -0.39 is 103 Å². The van der Waals surface area contributed by atoms with Crippen LogP contribution in [0.15, 0.2) is 24.3 Å². The van der Waals surface area contributed by atoms with Crippen molar-refractivity contribution in [3.05, 3.63) is 41.0 Å². The molecule has 3 aromatic rings. The maximum absolute atomic E-state index is 14.0. The maximum Gasteiger partial charge on any atom is 0.418 e. The van der Waals surface area contributed by atoms with Crippen molar-refractivity contribution < 1.29 is 62.6 Å². The first kappa shape index (κ1) is 36.9. The summed E-state index contributed by atoms with van der Waals surface area (Å²) in [5.41, 5.74) is -4.98. The van der Waals surface area contributed by atoms with Gasteiger partial charge in [-0.25, -0.2) is 13.8 Å². The molecule has 2 aromatic heterocycles. The van der Waals surface area contributed by atoms with Gasteiger partial charge in [0.2, 0.25) is 17.7 Å². The molecule has 0 saturated heterocycles. The topological polar surface area (TPSA) is 110 Å². The first-order valence-corrected chi connectivity index (χ1v) is 15.2. The van der Waals surface area contributed by atoms with Crippen molar-refractivity contribution in [3.63, 3.8) is 0 Å². The van der Waals surface area contributed by atoms with E-state index in [1.54, 1.807) is 0 Å². The van der Waals surface area contributed by atoms with E-state index in [2.05, 4.69) is 25.9 Å². The number of rotatable bonds is 10. The van der Waals surface area contributed by atoms with Gasteiger partial charge in [0, 0.05) is 19.6 Å². The zero-order chi connectivity index (χ0) is 36.8. The second kappa shape index (κ2) is 13.4. The van der Waals surface area contributed by atoms with Crippen LogP contribution in [0.3, 0.4) is 0 Å². The van der Waals surface area contributed by atoms with Crippen LogP contribution >= 0.6 is 0 Å². The Morgan fingerprint density at radius 1 is 0.980 bits per heavy atom. The quantitative estimate of drug-likeness (QED) is 0.191. The summed E-state index contributed by atoms with van der Waals surface area (Å²) in [6.07, 6.45) is -18.4. The van der Waals surface area contributed by atoms with Crippen LogP contribution in [-0.4, -0.2) is 57.8 Å². The molecular formula is C30H29F11N6O3. The summed E-state index contributed by atoms with van der Waals surface area (Å²) >= 11 is 0. The van der Waals surface area contributed by atoms with Crippen LogP contribution < -0.4 is 20.7 Å². The minimum absolute atomic E-state index is 0.00891. The number of aromatic nitrogens is 3. The van der Waals surface area contributed by atoms with Crippen molar-refractivity contribution in [3.8, 4) is 5.88 Å². The molecule has 0 aliphatic heterocycles. The van der Waals surface area contributed by atoms with Gasteiger partial charge in [0.15, 0.2) is 12.3 Å². The fraction of sp³-hybridized carbons (Fsp3) is 0.533. The van der Waals surface area contributed by atoms with E-state index in [-0.39, 0.29) is 48.4 Å². The second-order valence-corrected chi connectivity index (χ2v) is 12.2. The summed E-state index contributed by atoms with van der Waals surface area (Å²) in [6.45, 7) is -1.73. The molecule has 5 rings (SSSR count). The van der Waals surface area contributed by atoms with Gasteiger partial charge in [-0.05, 0) is 62.3 Å². The number of halogens is 11. The number of aryl methyl sites for hydroxylation is 1. The summed E-state index contributed by atoms with van der Waals surface area (Å²) in [7, 11) is 1.30. The summed E-state index contributed by atoms with van der Waals surface area (Å²) in [6, 6.07) is 2.98. The van der Waals surface area contributed by atoms with Crippen molar-refractivity contribution in [2.45, 2.75) is 76.1 Å². The highest BCUT2D eigenvalue weighted by molar-refractivity contribution is 5.99. The summed E-state index contributed by atoms with van der Waals surface area (Å²) in [4.78, 5) is 33.7. The Morgan fingerprint density at radius 2 is 1.64 bits per heavy atom. The van der Waals surface area contributed by atoms with Gasteiger partial charge < -0.3 is 20.7 Å². The number of carbonyl (C=O) groups is 2. The average molecular weight is 731 g/mol. The first-order chi connectivity index (χ1) is 23.2. The molecule has 0 bridgehead atoms. The Labute approximate surface area is 275 Å². The zero-order valence-corrected chi connectivity index (χ0v) is 25.9. The monoisotopic (exact) mass is 730 g/mol. The van der Waals surface area contributed by atoms with E-state index in [9.17, 15) is 57.9 Å². The predicted octanol–water partition coefficient (Wildman–Crippen LogP) is 7.18. The lowest BCUT2D eigenvalue weighted by Crippen LogP contribution is -2.40. The largest absolute Gasteiger partial charge is 0.471 e. The van der Waals surface area contributed by atoms with Gasteiger partial charge in [0.05, 0.1) is 17.2 Å². The SMILES string of the molecule is Cn1c(Nc2cc(CNC(=O)C3(C(F)(F)F)CC3)ccc2C(F)(F)F)nc2cc(C(=O)N[C@H]3CC[C@@H](C(F)(F)F)CC3)c(OCC(F)F)nc21. The van der Waals surface area contributed by atoms with Crippen LogP contribution in [0.2, 0.25) is 0 Å². The van der Waals surface area contributed by atoms with Gasteiger partial charge in [-0.15, -0.1) is 0 Å². The van der Waals surface area contributed by atoms with Gasteiger partial charge in [-0.2, -0.15) is 44.5 Å². The van der Waals surface area contributed by atoms with E-state index in [1.165, 1.54) is 7.05 Å². The number of pyridine rings is 1. The highest BCUT2D eigenvalue weighted by atomic mass is 19.4. The van der Waals surface area contributed by atoms with E-state index in [0.29, 0.717) is 6.07 Å². The Hall–Kier alpha value is -4.39. The molecule has 0 atom stereocenters. The van der Waals surface area contributed by atoms with E-state index in [1.807, 2.05) is 0 Å². The third kappa shape index (κ3) is 7.82. The number of benzene rings is 1. The van der Waals surface area contributed by atoms with Gasteiger partial charge in [-0.3, -0.25) is 14.2 Å². The van der Waals surface area contributed by atoms with Crippen LogP contribution in [0, 0.1) is 11.3 Å². The fourth-order valence-electron chi connectivity index (χ4n) is 5.74. The Kier molecular flexibility index (Phi) is 9.87. The van der Waals surface area contributed by atoms with Crippen molar-refractivity contribution in [1.82, 2.24) is 25.2 Å². The molecule has 2 saturated carbocycles. The number of imidazole rings is 1. The van der Waals surface area contributed by atoms with Gasteiger partial charge in [-0.1, -0.05) is 6.07 Å². The number of carbonyl (C=O) groups excluding carboxylic acids is 2. The molecule has 1 aromatic carbocycles. The lowest BCUT2D eigenvalue weighted by atomic mass is 9.85. The Bertz CT molecular complexity index is 1740. The van der Waals surface area contributed by atoms with E-state index in [4.69, 9.17) is 4.74 Å². The smallest absolute Gasteiger partial charge is 0.418 e. The van der Waals surface area contributed by atoms with Gasteiger partial charge in [0.1, 0.15) is 16.5 Å². The van der Waals surface area contributed by atoms with Crippen LogP contribution in [0.4, 0.5) is 59.9 Å². The molecule has 20 heteroatoms. The predicted molar refractivity (Wildman–Crippen MR) is 154 cm³/mol. The van der Waals surface area contributed by atoms with Crippen molar-refractivity contribution in [1.29, 1.82) is 0 Å². The van der Waals surface area contributed by atoms with E-state index >= 15 is 0 Å². The van der Waals surface area contributed by atoms with Crippen molar-refractivity contribution in [2.75, 3.05) is 11.9 Å². The Morgan fingerprint density at radius 3 is 2.20 bits per heavy atom. The minimum Gasteiger partial charge on any atom is -0.471 e. The maximum atomic E-state index is 14.0. The van der Waals surface area contributed by atoms with Crippen molar-refractivity contribution in [2.24, 2.45) is 18.4 Å². The highest BCUT2D eigenvalue weighted by Crippen LogP contribution is 2.57. The third-order valence-corrected chi connectivity index (χ3v) is 8.74. The molecule has 50 heavy (non-hydrogen) atoms. The molecule has 274 valence electrons. The molecule has 0 radical (unpaired) electrons. The molecule has 0 spiro atoms. The number of nitrogens with zero attached hydrogens (tertiary/aromatic N) is 3. The fourth-order valence-corrected chi connectivity index (χ4v) is 5.74. The van der Waals surface area contributed by atoms with E-state index in [0.717, 1.165) is 22.8 Å². The molecule has 2 fully saturated rings. The third-order valence-electron chi connectivity index (χ3n) is 8.74. The highest BCUT2D eigenvalue weighted by Gasteiger charge is 2.68. The van der Waals surface area contributed by atoms with Crippen LogP contribution in [0.5, 0.6) is 5.88 Å². The number of alkyl halides is 11. The number of ether oxygens (including phenoxy) is 1. The standard InChI is InChI=1S/C30H29F11N6O3/c1-47-22-20(11-17(24(46-22)50-13-21(31)32)23(48)43-16-5-3-15(4-6-16)28(33,34)35)45-26(47)44-19-10-14(2-7-18(19)29(36,37)38)12-42-25(49)27(8-9-27)30(39,40)41/h2,7,10-11,15-16,21H,3-6,8-9,12-13H2,1H3,(H,42,49)(H,43,48)(H,44,45)/t15-,16+. The first-order valence-electron chi connectivity index (χ1n) is 15.2. The lowest BCUT2D eigenvalue weighted by molar-refractivity contribution is -0.192. The van der Waals surface area contributed by atoms with Gasteiger partial charge >= 0.3 is 18.5 Å². The van der Waals surface area contributed by atoms with Crippen molar-refractivity contribution >= 4 is 34.6 Å². The molecule has 2 amide bonds. The molecule has 9 nitrogen and oxygen atoms in total. The summed E-state index contributed by atoms with van der Waals surface area (Å²) in [5.74, 6) is -4.63. The molecule has 2 heterocycles. The summed E-state index contributed by atoms with van der Waals surface area (Å²) in [5, 5.41) is 7.15. The molecule has 0 unspecified atom stereocenters. The van der Waals surface area contributed by atoms with Crippen LogP contribution in [0.25, 0.3) is 11.2 Å². The minimum atomic E-state index is -4.93. The number of hydrogen-bond acceptors (Lipinski definition) is 6. The molecular weight excluding hydrogens is 701 g/mol. The molecule has 3 N–H and O–H groups in total. The number of anilines is 2. The van der Waals surface area contributed by atoms with Gasteiger partial charge in [0.25, 0.3) is 12.3 Å². The lowest BCUT2D eigenvalue weighted by Gasteiger charge is -2.30. The molecule has 2 aliphatic rings. The zero-order valence-electron chi connectivity index (χ0n) is 25.9. The summed E-state index contributed by atoms with van der Waals surface area (Å²) < 4.78 is 153. The van der Waals surface area contributed by atoms with Crippen LogP contribution in [0.1, 0.15) is 60.0 Å². The molecule has 2 aliphatic carbocycles. The number of hydrogen-bond donors (Lipinski definition) is 3. The van der Waals surface area contributed by atoms with Crippen LogP contribution in [-0.2, 0) is 24.6 Å². The normalized spacial score (nSPS) is 19.4. The number of nitrogens with one attached hydrogen (secondary N) is 3. The Balaban J connectivity index is 1.41.